The van der Waals surface area contributed by atoms with Gasteiger partial charge in [-0.2, -0.15) is 17.5 Å². The quantitative estimate of drug-likeness (QED) is 0.245. The minimum atomic E-state index is -5.79. The van der Waals surface area contributed by atoms with Crippen molar-refractivity contribution >= 4 is 16.0 Å². The van der Waals surface area contributed by atoms with Gasteiger partial charge in [-0.05, 0) is 32.4 Å². The van der Waals surface area contributed by atoms with Crippen molar-refractivity contribution in [2.45, 2.75) is 44.0 Å². The van der Waals surface area contributed by atoms with Crippen LogP contribution < -0.4 is 0 Å². The molecule has 0 radical (unpaired) electrons. The van der Waals surface area contributed by atoms with E-state index < -0.39 is 86.0 Å². The van der Waals surface area contributed by atoms with E-state index in [1.807, 2.05) is 0 Å². The fourth-order valence-corrected chi connectivity index (χ4v) is 4.18. The van der Waals surface area contributed by atoms with Crippen molar-refractivity contribution in [3.8, 4) is 0 Å². The van der Waals surface area contributed by atoms with E-state index >= 15 is 0 Å². The number of hydrogen-bond donors (Lipinski definition) is 0. The second-order valence-electron chi connectivity index (χ2n) is 7.79. The van der Waals surface area contributed by atoms with E-state index in [1.165, 1.54) is 20.8 Å². The number of halogens is 8. The number of alkyl halides is 3. The number of ether oxygens (including phenoxy) is 1. The van der Waals surface area contributed by atoms with E-state index in [2.05, 4.69) is 4.98 Å². The zero-order valence-electron chi connectivity index (χ0n) is 17.6. The number of nitrogens with zero attached hydrogens (tertiary/aromatic N) is 2. The Hall–Kier alpha value is -2.81. The number of aromatic nitrogens is 1. The van der Waals surface area contributed by atoms with E-state index in [0.717, 1.165) is 6.20 Å². The lowest BCUT2D eigenvalue weighted by atomic mass is 10.1. The minimum Gasteiger partial charge on any atom is -0.459 e. The first-order valence-electron chi connectivity index (χ1n) is 9.11. The van der Waals surface area contributed by atoms with E-state index in [9.17, 15) is 48.3 Å². The van der Waals surface area contributed by atoms with Gasteiger partial charge in [-0.15, -0.1) is 0 Å². The van der Waals surface area contributed by atoms with Crippen LogP contribution in [0.15, 0.2) is 23.4 Å². The molecule has 0 amide bonds. The van der Waals surface area contributed by atoms with Gasteiger partial charge in [0, 0.05) is 18.9 Å². The van der Waals surface area contributed by atoms with Gasteiger partial charge in [-0.1, -0.05) is 0 Å². The Labute approximate surface area is 188 Å². The van der Waals surface area contributed by atoms with Gasteiger partial charge < -0.3 is 4.74 Å². The van der Waals surface area contributed by atoms with Crippen LogP contribution >= 0.6 is 0 Å². The van der Waals surface area contributed by atoms with Crippen LogP contribution in [0.3, 0.4) is 0 Å². The first-order valence-corrected chi connectivity index (χ1v) is 10.6. The Morgan fingerprint density at radius 3 is 1.94 bits per heavy atom. The molecule has 0 unspecified atom stereocenters. The highest BCUT2D eigenvalue weighted by atomic mass is 32.2. The van der Waals surface area contributed by atoms with Crippen LogP contribution in [0.5, 0.6) is 0 Å². The molecule has 34 heavy (non-hydrogen) atoms. The standard InChI is InChI=1S/C19H16F8N2O4S/c1-18(2,3)33-11(30)8-29(7-9-6-28-5-4-10(9)19(25,26)27)34(31,32)17-15(23)13(21)12(20)14(22)16(17)24/h4-6H,7-8H2,1-3H3. The fourth-order valence-electron chi connectivity index (χ4n) is 2.70. The molecule has 0 aliphatic carbocycles. The molecule has 0 aliphatic rings. The molecule has 0 N–H and O–H groups in total. The smallest absolute Gasteiger partial charge is 0.416 e. The minimum absolute atomic E-state index is 0.203. The first-order chi connectivity index (χ1) is 15.4. The van der Waals surface area contributed by atoms with E-state index in [1.54, 1.807) is 0 Å². The summed E-state index contributed by atoms with van der Waals surface area (Å²) in [5.74, 6) is -14.8. The molecule has 0 bridgehead atoms. The maximum Gasteiger partial charge on any atom is 0.416 e. The van der Waals surface area contributed by atoms with Gasteiger partial charge in [0.05, 0.1) is 5.56 Å². The summed E-state index contributed by atoms with van der Waals surface area (Å²) < 4.78 is 140. The van der Waals surface area contributed by atoms with Crippen LogP contribution in [0.1, 0.15) is 31.9 Å². The number of sulfonamides is 1. The van der Waals surface area contributed by atoms with Gasteiger partial charge in [0.25, 0.3) is 0 Å². The van der Waals surface area contributed by atoms with Crippen molar-refractivity contribution < 1.29 is 53.1 Å². The van der Waals surface area contributed by atoms with Crippen molar-refractivity contribution in [3.63, 3.8) is 0 Å². The molecule has 1 aromatic carbocycles. The molecule has 0 fully saturated rings. The largest absolute Gasteiger partial charge is 0.459 e. The molecular formula is C19H16F8N2O4S. The van der Waals surface area contributed by atoms with E-state index in [4.69, 9.17) is 4.74 Å². The van der Waals surface area contributed by atoms with Gasteiger partial charge >= 0.3 is 12.1 Å². The van der Waals surface area contributed by atoms with Crippen molar-refractivity contribution in [2.75, 3.05) is 6.54 Å². The van der Waals surface area contributed by atoms with Gasteiger partial charge in [0.2, 0.25) is 15.8 Å². The van der Waals surface area contributed by atoms with Crippen LogP contribution in [0.25, 0.3) is 0 Å². The Morgan fingerprint density at radius 1 is 0.971 bits per heavy atom. The molecule has 0 saturated heterocycles. The zero-order chi connectivity index (χ0) is 26.2. The molecule has 2 rings (SSSR count). The number of carbonyl (C=O) groups is 1. The number of rotatable bonds is 6. The monoisotopic (exact) mass is 520 g/mol. The van der Waals surface area contributed by atoms with E-state index in [0.29, 0.717) is 12.3 Å². The molecule has 1 heterocycles. The zero-order valence-corrected chi connectivity index (χ0v) is 18.4. The third kappa shape index (κ3) is 5.81. The summed E-state index contributed by atoms with van der Waals surface area (Å²) in [6.45, 7) is 1.28. The van der Waals surface area contributed by atoms with Crippen LogP contribution in [0.2, 0.25) is 0 Å². The summed E-state index contributed by atoms with van der Waals surface area (Å²) in [6.07, 6.45) is -3.74. The molecule has 15 heteroatoms. The third-order valence-corrected chi connectivity index (χ3v) is 5.86. The van der Waals surface area contributed by atoms with Gasteiger partial charge in [0.15, 0.2) is 28.2 Å². The lowest BCUT2D eigenvalue weighted by Crippen LogP contribution is -2.39. The molecule has 0 atom stereocenters. The maximum absolute atomic E-state index is 14.2. The lowest BCUT2D eigenvalue weighted by Gasteiger charge is -2.26. The van der Waals surface area contributed by atoms with Crippen LogP contribution in [0.4, 0.5) is 35.1 Å². The molecule has 1 aromatic heterocycles. The Morgan fingerprint density at radius 2 is 1.47 bits per heavy atom. The van der Waals surface area contributed by atoms with Crippen molar-refractivity contribution in [2.24, 2.45) is 0 Å². The summed E-state index contributed by atoms with van der Waals surface area (Å²) >= 11 is 0. The maximum atomic E-state index is 14.2. The molecule has 188 valence electrons. The topological polar surface area (TPSA) is 76.6 Å². The van der Waals surface area contributed by atoms with Gasteiger partial charge in [-0.25, -0.2) is 30.4 Å². The summed E-state index contributed by atoms with van der Waals surface area (Å²) in [5.41, 5.74) is -3.50. The van der Waals surface area contributed by atoms with E-state index in [-0.39, 0.29) is 4.31 Å². The highest BCUT2D eigenvalue weighted by Gasteiger charge is 2.40. The predicted octanol–water partition coefficient (Wildman–Crippen LogP) is 4.33. The average molecular weight is 520 g/mol. The highest BCUT2D eigenvalue weighted by molar-refractivity contribution is 7.89. The highest BCUT2D eigenvalue weighted by Crippen LogP contribution is 2.34. The fraction of sp³-hybridized carbons (Fsp3) is 0.368. The van der Waals surface area contributed by atoms with Crippen LogP contribution in [-0.4, -0.2) is 35.8 Å². The Bertz CT molecular complexity index is 1180. The van der Waals surface area contributed by atoms with Crippen molar-refractivity contribution in [3.05, 3.63) is 58.7 Å². The molecule has 6 nitrogen and oxygen atoms in total. The Kier molecular flexibility index (Phi) is 7.62. The Balaban J connectivity index is 2.70. The lowest BCUT2D eigenvalue weighted by molar-refractivity contribution is -0.155. The normalized spacial score (nSPS) is 12.8. The number of benzene rings is 1. The SMILES string of the molecule is CC(C)(C)OC(=O)CN(Cc1cnccc1C(F)(F)F)S(=O)(=O)c1c(F)c(F)c(F)c(F)c1F. The van der Waals surface area contributed by atoms with Gasteiger partial charge in [0.1, 0.15) is 12.1 Å². The van der Waals surface area contributed by atoms with Crippen LogP contribution in [0, 0.1) is 29.1 Å². The number of carbonyl (C=O) groups excluding carboxylic acids is 1. The summed E-state index contributed by atoms with van der Waals surface area (Å²) in [6, 6.07) is 0.464. The second-order valence-corrected chi connectivity index (χ2v) is 9.66. The van der Waals surface area contributed by atoms with Crippen molar-refractivity contribution in [1.82, 2.24) is 9.29 Å². The predicted molar refractivity (Wildman–Crippen MR) is 98.9 cm³/mol. The molecule has 0 saturated carbocycles. The molecular weight excluding hydrogens is 504 g/mol. The van der Waals surface area contributed by atoms with Gasteiger partial charge in [-0.3, -0.25) is 9.78 Å². The number of pyridine rings is 1. The molecule has 2 aromatic rings. The number of hydrogen-bond acceptors (Lipinski definition) is 5. The molecule has 0 aliphatic heterocycles. The summed E-state index contributed by atoms with van der Waals surface area (Å²) in [4.78, 5) is 13.3. The van der Waals surface area contributed by atoms with Crippen molar-refractivity contribution in [1.29, 1.82) is 0 Å². The number of esters is 1. The summed E-state index contributed by atoms with van der Waals surface area (Å²) in [5, 5.41) is 0. The first kappa shape index (κ1) is 27.4. The average Bonchev–Trinajstić information content (AvgIpc) is 2.68. The third-order valence-electron chi connectivity index (χ3n) is 4.05. The summed E-state index contributed by atoms with van der Waals surface area (Å²) in [7, 11) is -5.79. The molecule has 0 spiro atoms. The second kappa shape index (κ2) is 9.44. The van der Waals surface area contributed by atoms with Crippen LogP contribution in [-0.2, 0) is 32.3 Å².